The molecule has 1 atom stereocenters. The van der Waals surface area contributed by atoms with Gasteiger partial charge < -0.3 is 14.4 Å². The van der Waals surface area contributed by atoms with Crippen LogP contribution >= 0.6 is 0 Å². The molecule has 0 aliphatic carbocycles. The Morgan fingerprint density at radius 1 is 1.18 bits per heavy atom. The number of benzene rings is 2. The zero-order valence-corrected chi connectivity index (χ0v) is 18.5. The molecule has 1 unspecified atom stereocenters. The van der Waals surface area contributed by atoms with Gasteiger partial charge in [-0.3, -0.25) is 9.59 Å². The number of carbonyl (C=O) groups excluding carboxylic acids is 2. The normalized spacial score (nSPS) is 17.4. The van der Waals surface area contributed by atoms with Gasteiger partial charge in [0.15, 0.2) is 11.5 Å². The zero-order valence-electron chi connectivity index (χ0n) is 18.5. The van der Waals surface area contributed by atoms with E-state index < -0.39 is 5.91 Å². The second-order valence-electron chi connectivity index (χ2n) is 8.06. The van der Waals surface area contributed by atoms with Gasteiger partial charge in [0, 0.05) is 37.6 Å². The molecule has 7 heteroatoms. The van der Waals surface area contributed by atoms with E-state index in [1.165, 1.54) is 0 Å². The summed E-state index contributed by atoms with van der Waals surface area (Å²) in [6.45, 7) is 1.41. The molecule has 2 heterocycles. The summed E-state index contributed by atoms with van der Waals surface area (Å²) in [4.78, 5) is 30.5. The van der Waals surface area contributed by atoms with E-state index in [0.29, 0.717) is 50.5 Å². The fraction of sp³-hybridized carbons (Fsp3) is 0.308. The molecule has 2 aromatic rings. The van der Waals surface area contributed by atoms with Gasteiger partial charge in [-0.15, -0.1) is 0 Å². The van der Waals surface area contributed by atoms with E-state index in [9.17, 15) is 9.59 Å². The van der Waals surface area contributed by atoms with Gasteiger partial charge in [0.05, 0.1) is 7.11 Å². The number of hydrogen-bond acceptors (Lipinski definition) is 5. The highest BCUT2D eigenvalue weighted by molar-refractivity contribution is 6.10. The van der Waals surface area contributed by atoms with Gasteiger partial charge in [0.1, 0.15) is 18.2 Å². The maximum Gasteiger partial charge on any atom is 0.287 e. The van der Waals surface area contributed by atoms with Gasteiger partial charge in [0.25, 0.3) is 5.91 Å². The molecule has 0 saturated carbocycles. The van der Waals surface area contributed by atoms with Crippen molar-refractivity contribution in [2.75, 3.05) is 20.2 Å². The summed E-state index contributed by atoms with van der Waals surface area (Å²) in [5.41, 5.74) is 2.87. The highest BCUT2D eigenvalue weighted by Gasteiger charge is 2.31. The maximum atomic E-state index is 12.9. The van der Waals surface area contributed by atoms with Crippen molar-refractivity contribution in [2.24, 2.45) is 10.9 Å². The van der Waals surface area contributed by atoms with E-state index in [1.807, 2.05) is 54.6 Å². The summed E-state index contributed by atoms with van der Waals surface area (Å²) in [6.07, 6.45) is 3.13. The minimum absolute atomic E-state index is 0.0421. The largest absolute Gasteiger partial charge is 0.493 e. The molecule has 7 nitrogen and oxygen atoms in total. The molecule has 2 aliphatic rings. The van der Waals surface area contributed by atoms with Crippen LogP contribution in [0.3, 0.4) is 0 Å². The SMILES string of the molecule is COc1ccc(CCC(=O)N2CCC3=NC(=O)C(C#N)=CC3C2)cc1OCc1ccccc1. The van der Waals surface area contributed by atoms with Gasteiger partial charge in [-0.25, -0.2) is 4.99 Å². The van der Waals surface area contributed by atoms with Crippen molar-refractivity contribution in [3.63, 3.8) is 0 Å². The van der Waals surface area contributed by atoms with Crippen molar-refractivity contribution in [3.05, 3.63) is 71.3 Å². The Morgan fingerprint density at radius 3 is 2.76 bits per heavy atom. The predicted molar refractivity (Wildman–Crippen MR) is 123 cm³/mol. The predicted octanol–water partition coefficient (Wildman–Crippen LogP) is 3.49. The standard InChI is InChI=1S/C26H25N3O4/c1-32-23-9-7-18(13-24(23)33-17-19-5-3-2-4-6-19)8-10-25(30)29-12-11-22-21(16-29)14-20(15-27)26(31)28-22/h2-7,9,13-14,21H,8,10-12,16-17H2,1H3. The number of nitrogens with zero attached hydrogens (tertiary/aromatic N) is 3. The molecule has 0 aromatic heterocycles. The van der Waals surface area contributed by atoms with Crippen LogP contribution < -0.4 is 9.47 Å². The molecule has 1 saturated heterocycles. The highest BCUT2D eigenvalue weighted by atomic mass is 16.5. The van der Waals surface area contributed by atoms with E-state index in [4.69, 9.17) is 14.7 Å². The Balaban J connectivity index is 1.36. The average molecular weight is 444 g/mol. The number of nitriles is 1. The van der Waals surface area contributed by atoms with Crippen LogP contribution in [0, 0.1) is 17.2 Å². The number of fused-ring (bicyclic) bond motifs is 1. The molecule has 0 radical (unpaired) electrons. The first-order chi connectivity index (χ1) is 16.1. The second kappa shape index (κ2) is 10.1. The van der Waals surface area contributed by atoms with E-state index in [1.54, 1.807) is 18.1 Å². The Morgan fingerprint density at radius 2 is 2.00 bits per heavy atom. The summed E-state index contributed by atoms with van der Waals surface area (Å²) < 4.78 is 11.4. The third-order valence-corrected chi connectivity index (χ3v) is 5.89. The van der Waals surface area contributed by atoms with Crippen LogP contribution in [0.25, 0.3) is 0 Å². The second-order valence-corrected chi connectivity index (χ2v) is 8.06. The van der Waals surface area contributed by atoms with Crippen molar-refractivity contribution in [3.8, 4) is 17.6 Å². The smallest absolute Gasteiger partial charge is 0.287 e. The zero-order chi connectivity index (χ0) is 23.2. The number of rotatable bonds is 7. The Labute approximate surface area is 192 Å². The lowest BCUT2D eigenvalue weighted by Crippen LogP contribution is -2.45. The van der Waals surface area contributed by atoms with E-state index in [0.717, 1.165) is 16.8 Å². The number of dihydropyridines is 1. The van der Waals surface area contributed by atoms with Gasteiger partial charge in [-0.05, 0) is 29.7 Å². The number of carbonyl (C=O) groups is 2. The molecular formula is C26H25N3O4. The fourth-order valence-electron chi connectivity index (χ4n) is 4.07. The number of ether oxygens (including phenoxy) is 2. The summed E-state index contributed by atoms with van der Waals surface area (Å²) >= 11 is 0. The van der Waals surface area contributed by atoms with Crippen LogP contribution in [0.2, 0.25) is 0 Å². The third kappa shape index (κ3) is 5.29. The van der Waals surface area contributed by atoms with Crippen molar-refractivity contribution < 1.29 is 19.1 Å². The van der Waals surface area contributed by atoms with Gasteiger partial charge in [0.2, 0.25) is 5.91 Å². The van der Waals surface area contributed by atoms with Gasteiger partial charge >= 0.3 is 0 Å². The van der Waals surface area contributed by atoms with Crippen LogP contribution in [0.4, 0.5) is 0 Å². The van der Waals surface area contributed by atoms with E-state index in [-0.39, 0.29) is 17.4 Å². The lowest BCUT2D eigenvalue weighted by molar-refractivity contribution is -0.131. The summed E-state index contributed by atoms with van der Waals surface area (Å²) in [6, 6.07) is 17.5. The quantitative estimate of drug-likeness (QED) is 0.653. The van der Waals surface area contributed by atoms with Crippen molar-refractivity contribution >= 4 is 17.5 Å². The summed E-state index contributed by atoms with van der Waals surface area (Å²) in [5, 5.41) is 9.09. The summed E-state index contributed by atoms with van der Waals surface area (Å²) in [5.74, 6) is 0.699. The average Bonchev–Trinajstić information content (AvgIpc) is 2.86. The van der Waals surface area contributed by atoms with Crippen LogP contribution in [0.1, 0.15) is 24.0 Å². The number of methoxy groups -OCH3 is 1. The topological polar surface area (TPSA) is 92.0 Å². The molecule has 1 fully saturated rings. The molecule has 2 amide bonds. The number of aliphatic imine (C=N–C) groups is 1. The molecule has 33 heavy (non-hydrogen) atoms. The first kappa shape index (κ1) is 22.3. The molecule has 0 bridgehead atoms. The third-order valence-electron chi connectivity index (χ3n) is 5.89. The van der Waals surface area contributed by atoms with Gasteiger partial charge in [-0.1, -0.05) is 42.5 Å². The van der Waals surface area contributed by atoms with Crippen LogP contribution in [0.15, 0.2) is 65.2 Å². The van der Waals surface area contributed by atoms with Crippen molar-refractivity contribution in [1.29, 1.82) is 5.26 Å². The van der Waals surface area contributed by atoms with Crippen molar-refractivity contribution in [2.45, 2.75) is 25.9 Å². The van der Waals surface area contributed by atoms with E-state index in [2.05, 4.69) is 4.99 Å². The molecule has 2 aromatic carbocycles. The number of hydrogen-bond donors (Lipinski definition) is 0. The highest BCUT2D eigenvalue weighted by Crippen LogP contribution is 2.30. The lowest BCUT2D eigenvalue weighted by atomic mass is 9.90. The minimum atomic E-state index is -0.478. The molecule has 4 rings (SSSR count). The molecule has 0 N–H and O–H groups in total. The van der Waals surface area contributed by atoms with Crippen molar-refractivity contribution in [1.82, 2.24) is 4.90 Å². The Hall–Kier alpha value is -3.92. The maximum absolute atomic E-state index is 12.9. The monoisotopic (exact) mass is 443 g/mol. The van der Waals surface area contributed by atoms with Crippen LogP contribution in [0.5, 0.6) is 11.5 Å². The van der Waals surface area contributed by atoms with E-state index >= 15 is 0 Å². The Bertz CT molecular complexity index is 1150. The minimum Gasteiger partial charge on any atom is -0.493 e. The Kier molecular flexibility index (Phi) is 6.84. The fourth-order valence-corrected chi connectivity index (χ4v) is 4.07. The first-order valence-corrected chi connectivity index (χ1v) is 10.9. The lowest BCUT2D eigenvalue weighted by Gasteiger charge is -2.33. The summed E-state index contributed by atoms with van der Waals surface area (Å²) in [7, 11) is 1.60. The van der Waals surface area contributed by atoms with Crippen LogP contribution in [-0.4, -0.2) is 42.6 Å². The number of aryl methyl sites for hydroxylation is 1. The molecule has 2 aliphatic heterocycles. The first-order valence-electron chi connectivity index (χ1n) is 10.9. The molecule has 168 valence electrons. The number of piperidine rings is 1. The number of likely N-dealkylation sites (tertiary alicyclic amines) is 1. The molecule has 0 spiro atoms. The molecular weight excluding hydrogens is 418 g/mol. The van der Waals surface area contributed by atoms with Gasteiger partial charge in [-0.2, -0.15) is 5.26 Å². The number of amides is 2. The van der Waals surface area contributed by atoms with Crippen LogP contribution in [-0.2, 0) is 22.6 Å².